The molecule has 3 rings (SSSR count). The minimum atomic E-state index is -0.958. The van der Waals surface area contributed by atoms with E-state index in [9.17, 15) is 5.11 Å². The van der Waals surface area contributed by atoms with E-state index in [1.54, 1.807) is 0 Å². The maximum absolute atomic E-state index is 11.4. The number of aliphatic hydroxyl groups is 1. The lowest BCUT2D eigenvalue weighted by Gasteiger charge is -2.37. The molecule has 0 aromatic heterocycles. The molecule has 0 fully saturated rings. The van der Waals surface area contributed by atoms with Crippen LogP contribution in [0.2, 0.25) is 5.02 Å². The van der Waals surface area contributed by atoms with Gasteiger partial charge < -0.3 is 5.11 Å². The Morgan fingerprint density at radius 3 is 2.75 bits per heavy atom. The summed E-state index contributed by atoms with van der Waals surface area (Å²) in [4.78, 5) is 2.18. The first-order valence-corrected chi connectivity index (χ1v) is 7.66. The van der Waals surface area contributed by atoms with E-state index in [4.69, 9.17) is 11.6 Å². The highest BCUT2D eigenvalue weighted by atomic mass is 35.5. The van der Waals surface area contributed by atoms with Crippen LogP contribution in [0.15, 0.2) is 47.6 Å². The molecule has 0 amide bonds. The van der Waals surface area contributed by atoms with Gasteiger partial charge in [-0.25, -0.2) is 0 Å². The Hall–Kier alpha value is -1.09. The lowest BCUT2D eigenvalue weighted by molar-refractivity contribution is -0.0678. The van der Waals surface area contributed by atoms with Gasteiger partial charge in [0.15, 0.2) is 5.72 Å². The van der Waals surface area contributed by atoms with Crippen LogP contribution in [0.4, 0.5) is 0 Å². The van der Waals surface area contributed by atoms with Crippen LogP contribution in [0, 0.1) is 0 Å². The van der Waals surface area contributed by atoms with Gasteiger partial charge in [0.1, 0.15) is 0 Å². The fourth-order valence-electron chi connectivity index (χ4n) is 3.32. The smallest absolute Gasteiger partial charge is 0.167 e. The van der Waals surface area contributed by atoms with Crippen molar-refractivity contribution in [2.24, 2.45) is 0 Å². The van der Waals surface area contributed by atoms with Crippen molar-refractivity contribution >= 4 is 11.6 Å². The van der Waals surface area contributed by atoms with Crippen LogP contribution in [0.1, 0.15) is 31.7 Å². The van der Waals surface area contributed by atoms with E-state index in [1.165, 1.54) is 5.57 Å². The van der Waals surface area contributed by atoms with Crippen LogP contribution in [0.5, 0.6) is 0 Å². The summed E-state index contributed by atoms with van der Waals surface area (Å²) in [5.41, 5.74) is 2.41. The summed E-state index contributed by atoms with van der Waals surface area (Å²) in [6.07, 6.45) is 7.35. The SMILES string of the molecule is CCCN1CC2=C(CCC=C2)C1(O)c1ccc(Cl)cc1. The van der Waals surface area contributed by atoms with Gasteiger partial charge in [-0.3, -0.25) is 4.90 Å². The van der Waals surface area contributed by atoms with Crippen molar-refractivity contribution in [2.75, 3.05) is 13.1 Å². The van der Waals surface area contributed by atoms with Gasteiger partial charge in [-0.1, -0.05) is 42.8 Å². The zero-order valence-corrected chi connectivity index (χ0v) is 12.5. The number of hydrogen-bond acceptors (Lipinski definition) is 2. The monoisotopic (exact) mass is 289 g/mol. The molecular formula is C17H20ClNO. The predicted molar refractivity (Wildman–Crippen MR) is 82.6 cm³/mol. The molecule has 1 heterocycles. The molecule has 1 N–H and O–H groups in total. The zero-order valence-electron chi connectivity index (χ0n) is 11.8. The molecule has 1 aromatic carbocycles. The lowest BCUT2D eigenvalue weighted by atomic mass is 9.88. The van der Waals surface area contributed by atoms with Crippen molar-refractivity contribution < 1.29 is 5.11 Å². The van der Waals surface area contributed by atoms with Crippen molar-refractivity contribution in [3.05, 3.63) is 58.1 Å². The average Bonchev–Trinajstić information content (AvgIpc) is 2.75. The summed E-state index contributed by atoms with van der Waals surface area (Å²) >= 11 is 5.98. The summed E-state index contributed by atoms with van der Waals surface area (Å²) in [6.45, 7) is 3.87. The minimum absolute atomic E-state index is 0.704. The highest BCUT2D eigenvalue weighted by molar-refractivity contribution is 6.30. The summed E-state index contributed by atoms with van der Waals surface area (Å²) in [6, 6.07) is 7.60. The molecule has 0 radical (unpaired) electrons. The molecule has 0 saturated heterocycles. The molecule has 2 aliphatic rings. The Bertz CT molecular complexity index is 561. The Morgan fingerprint density at radius 2 is 2.05 bits per heavy atom. The van der Waals surface area contributed by atoms with Gasteiger partial charge in [0.05, 0.1) is 0 Å². The van der Waals surface area contributed by atoms with E-state index in [-0.39, 0.29) is 0 Å². The van der Waals surface area contributed by atoms with Gasteiger partial charge in [-0.05, 0) is 42.5 Å². The Kier molecular flexibility index (Phi) is 3.72. The normalized spacial score (nSPS) is 26.1. The number of benzene rings is 1. The first-order chi connectivity index (χ1) is 9.66. The second kappa shape index (κ2) is 5.36. The Labute approximate surface area is 125 Å². The number of allylic oxidation sites excluding steroid dienone is 1. The van der Waals surface area contributed by atoms with Crippen molar-refractivity contribution in [3.63, 3.8) is 0 Å². The molecule has 1 aromatic rings. The average molecular weight is 290 g/mol. The Balaban J connectivity index is 2.07. The van der Waals surface area contributed by atoms with Crippen molar-refractivity contribution in [2.45, 2.75) is 31.9 Å². The van der Waals surface area contributed by atoms with Crippen LogP contribution in [0.25, 0.3) is 0 Å². The molecule has 0 spiro atoms. The molecule has 1 aliphatic heterocycles. The molecule has 20 heavy (non-hydrogen) atoms. The van der Waals surface area contributed by atoms with Crippen LogP contribution in [-0.2, 0) is 5.72 Å². The molecule has 1 aliphatic carbocycles. The third kappa shape index (κ3) is 2.12. The van der Waals surface area contributed by atoms with Crippen LogP contribution in [-0.4, -0.2) is 23.1 Å². The van der Waals surface area contributed by atoms with Crippen LogP contribution in [0.3, 0.4) is 0 Å². The largest absolute Gasteiger partial charge is 0.368 e. The van der Waals surface area contributed by atoms with E-state index in [1.807, 2.05) is 24.3 Å². The van der Waals surface area contributed by atoms with Crippen LogP contribution < -0.4 is 0 Å². The molecule has 2 nitrogen and oxygen atoms in total. The van der Waals surface area contributed by atoms with Gasteiger partial charge in [0, 0.05) is 23.7 Å². The predicted octanol–water partition coefficient (Wildman–Crippen LogP) is 3.86. The van der Waals surface area contributed by atoms with Crippen LogP contribution >= 0.6 is 11.6 Å². The molecule has 106 valence electrons. The molecular weight excluding hydrogens is 270 g/mol. The van der Waals surface area contributed by atoms with E-state index >= 15 is 0 Å². The Morgan fingerprint density at radius 1 is 1.30 bits per heavy atom. The highest BCUT2D eigenvalue weighted by Gasteiger charge is 2.45. The topological polar surface area (TPSA) is 23.5 Å². The molecule has 1 unspecified atom stereocenters. The van der Waals surface area contributed by atoms with Crippen molar-refractivity contribution in [1.82, 2.24) is 4.90 Å². The van der Waals surface area contributed by atoms with Gasteiger partial charge >= 0.3 is 0 Å². The van der Waals surface area contributed by atoms with Crippen molar-refractivity contribution in [3.8, 4) is 0 Å². The second-order valence-electron chi connectivity index (χ2n) is 5.55. The summed E-state index contributed by atoms with van der Waals surface area (Å²) in [7, 11) is 0. The second-order valence-corrected chi connectivity index (χ2v) is 5.98. The molecule has 3 heteroatoms. The number of nitrogens with zero attached hydrogens (tertiary/aromatic N) is 1. The summed E-state index contributed by atoms with van der Waals surface area (Å²) in [5.74, 6) is 0. The van der Waals surface area contributed by atoms with Crippen molar-refractivity contribution in [1.29, 1.82) is 0 Å². The third-order valence-corrected chi connectivity index (χ3v) is 4.50. The molecule has 0 saturated carbocycles. The summed E-state index contributed by atoms with van der Waals surface area (Å²) < 4.78 is 0. The van der Waals surface area contributed by atoms with E-state index < -0.39 is 5.72 Å². The fourth-order valence-corrected chi connectivity index (χ4v) is 3.45. The molecule has 1 atom stereocenters. The van der Waals surface area contributed by atoms with E-state index in [2.05, 4.69) is 24.0 Å². The minimum Gasteiger partial charge on any atom is -0.368 e. The maximum Gasteiger partial charge on any atom is 0.167 e. The fraction of sp³-hybridized carbons (Fsp3) is 0.412. The summed E-state index contributed by atoms with van der Waals surface area (Å²) in [5, 5.41) is 12.1. The number of halogens is 1. The van der Waals surface area contributed by atoms with Gasteiger partial charge in [-0.15, -0.1) is 0 Å². The number of rotatable bonds is 3. The van der Waals surface area contributed by atoms with E-state index in [0.29, 0.717) is 5.02 Å². The first kappa shape index (κ1) is 13.9. The molecule has 0 bridgehead atoms. The lowest BCUT2D eigenvalue weighted by Crippen LogP contribution is -2.44. The van der Waals surface area contributed by atoms with Gasteiger partial charge in [0.25, 0.3) is 0 Å². The van der Waals surface area contributed by atoms with E-state index in [0.717, 1.165) is 43.5 Å². The maximum atomic E-state index is 11.4. The highest BCUT2D eigenvalue weighted by Crippen LogP contribution is 2.45. The third-order valence-electron chi connectivity index (χ3n) is 4.25. The first-order valence-electron chi connectivity index (χ1n) is 7.28. The quantitative estimate of drug-likeness (QED) is 0.913. The standard InChI is InChI=1S/C17H20ClNO/c1-2-11-19-12-13-5-3-4-6-16(13)17(19,20)14-7-9-15(18)10-8-14/h3,5,7-10,20H,2,4,6,11-12H2,1H3. The van der Waals surface area contributed by atoms with Gasteiger partial charge in [-0.2, -0.15) is 0 Å². The number of hydrogen-bond donors (Lipinski definition) is 1. The van der Waals surface area contributed by atoms with Gasteiger partial charge in [0.2, 0.25) is 0 Å². The zero-order chi connectivity index (χ0) is 14.2.